The first-order chi connectivity index (χ1) is 8.63. The van der Waals surface area contributed by atoms with Gasteiger partial charge in [-0.15, -0.1) is 0 Å². The lowest BCUT2D eigenvalue weighted by Crippen LogP contribution is -2.44. The quantitative estimate of drug-likeness (QED) is 0.885. The molecule has 0 fully saturated rings. The van der Waals surface area contributed by atoms with Crippen molar-refractivity contribution in [1.29, 1.82) is 0 Å². The Morgan fingerprint density at radius 3 is 2.67 bits per heavy atom. The van der Waals surface area contributed by atoms with Gasteiger partial charge in [0.05, 0.1) is 6.04 Å². The highest BCUT2D eigenvalue weighted by Crippen LogP contribution is 2.23. The lowest BCUT2D eigenvalue weighted by atomic mass is 9.97. The number of amides is 2. The number of hydrogen-bond donors (Lipinski definition) is 1. The standard InChI is InChI=1S/C14H19N3O/c1-3-10(2)12-13(15)16-14(18)17(12)9-11-7-5-4-6-8-11/h4-8,10,12H,3,9H2,1-2H3,(H2,15,16,18). The minimum absolute atomic E-state index is 0.0669. The largest absolute Gasteiger partial charge is 0.385 e. The third-order valence-electron chi connectivity index (χ3n) is 3.49. The molecule has 0 saturated heterocycles. The monoisotopic (exact) mass is 245 g/mol. The first-order valence-corrected chi connectivity index (χ1v) is 6.32. The molecule has 96 valence electrons. The van der Waals surface area contributed by atoms with E-state index >= 15 is 0 Å². The molecule has 0 saturated carbocycles. The molecule has 0 aliphatic carbocycles. The van der Waals surface area contributed by atoms with E-state index in [1.54, 1.807) is 4.90 Å². The molecule has 1 aliphatic heterocycles. The molecule has 0 aromatic heterocycles. The molecule has 2 atom stereocenters. The second-order valence-electron chi connectivity index (χ2n) is 4.76. The summed E-state index contributed by atoms with van der Waals surface area (Å²) >= 11 is 0. The maximum Gasteiger partial charge on any atom is 0.346 e. The molecule has 2 rings (SSSR count). The fourth-order valence-corrected chi connectivity index (χ4v) is 2.29. The molecular formula is C14H19N3O. The van der Waals surface area contributed by atoms with E-state index in [0.717, 1.165) is 12.0 Å². The van der Waals surface area contributed by atoms with Gasteiger partial charge in [0.15, 0.2) is 0 Å². The Labute approximate surface area is 108 Å². The minimum atomic E-state index is -0.221. The molecule has 0 radical (unpaired) electrons. The summed E-state index contributed by atoms with van der Waals surface area (Å²) in [7, 11) is 0. The van der Waals surface area contributed by atoms with Crippen LogP contribution in [0.25, 0.3) is 0 Å². The van der Waals surface area contributed by atoms with Gasteiger partial charge in [-0.25, -0.2) is 4.79 Å². The molecule has 1 aliphatic rings. The zero-order valence-corrected chi connectivity index (χ0v) is 10.8. The van der Waals surface area contributed by atoms with Crippen LogP contribution < -0.4 is 5.73 Å². The van der Waals surface area contributed by atoms with E-state index in [1.807, 2.05) is 30.3 Å². The Morgan fingerprint density at radius 2 is 2.06 bits per heavy atom. The van der Waals surface area contributed by atoms with Gasteiger partial charge >= 0.3 is 6.03 Å². The molecule has 2 unspecified atom stereocenters. The van der Waals surface area contributed by atoms with E-state index in [2.05, 4.69) is 18.8 Å². The van der Waals surface area contributed by atoms with Crippen LogP contribution in [0.3, 0.4) is 0 Å². The normalized spacial score (nSPS) is 21.0. The van der Waals surface area contributed by atoms with Crippen molar-refractivity contribution in [3.63, 3.8) is 0 Å². The Hall–Kier alpha value is -1.84. The molecule has 1 aromatic carbocycles. The molecule has 18 heavy (non-hydrogen) atoms. The van der Waals surface area contributed by atoms with Crippen molar-refractivity contribution in [3.8, 4) is 0 Å². The number of benzene rings is 1. The molecule has 0 spiro atoms. The fourth-order valence-electron chi connectivity index (χ4n) is 2.29. The van der Waals surface area contributed by atoms with E-state index in [1.165, 1.54) is 0 Å². The first kappa shape index (κ1) is 12.6. The summed E-state index contributed by atoms with van der Waals surface area (Å²) < 4.78 is 0. The molecule has 4 nitrogen and oxygen atoms in total. The topological polar surface area (TPSA) is 58.7 Å². The van der Waals surface area contributed by atoms with Crippen molar-refractivity contribution < 1.29 is 4.79 Å². The van der Waals surface area contributed by atoms with Crippen LogP contribution in [0.1, 0.15) is 25.8 Å². The number of hydrogen-bond acceptors (Lipinski definition) is 2. The number of nitrogens with zero attached hydrogens (tertiary/aromatic N) is 2. The molecule has 1 heterocycles. The molecule has 0 bridgehead atoms. The van der Waals surface area contributed by atoms with Gasteiger partial charge in [-0.2, -0.15) is 4.99 Å². The Kier molecular flexibility index (Phi) is 3.65. The summed E-state index contributed by atoms with van der Waals surface area (Å²) in [5.74, 6) is 0.772. The van der Waals surface area contributed by atoms with Gasteiger partial charge in [0.25, 0.3) is 0 Å². The summed E-state index contributed by atoms with van der Waals surface area (Å²) in [6, 6.07) is 9.64. The van der Waals surface area contributed by atoms with Gasteiger partial charge in [-0.3, -0.25) is 0 Å². The van der Waals surface area contributed by atoms with E-state index in [0.29, 0.717) is 18.3 Å². The number of amidine groups is 1. The zero-order valence-electron chi connectivity index (χ0n) is 10.8. The van der Waals surface area contributed by atoms with Gasteiger partial charge in [-0.05, 0) is 11.5 Å². The van der Waals surface area contributed by atoms with Crippen LogP contribution in [0.15, 0.2) is 35.3 Å². The lowest BCUT2D eigenvalue weighted by molar-refractivity contribution is 0.188. The summed E-state index contributed by atoms with van der Waals surface area (Å²) in [5.41, 5.74) is 6.98. The van der Waals surface area contributed by atoms with E-state index in [-0.39, 0.29) is 12.1 Å². The van der Waals surface area contributed by atoms with Gasteiger partial charge in [0, 0.05) is 6.54 Å². The summed E-state index contributed by atoms with van der Waals surface area (Å²) in [6.07, 6.45) is 0.972. The SMILES string of the molecule is CCC(C)C1C(N)=NC(=O)N1Cc1ccccc1. The second-order valence-corrected chi connectivity index (χ2v) is 4.76. The van der Waals surface area contributed by atoms with Crippen LogP contribution in [0, 0.1) is 5.92 Å². The third-order valence-corrected chi connectivity index (χ3v) is 3.49. The van der Waals surface area contributed by atoms with Crippen molar-refractivity contribution in [2.45, 2.75) is 32.9 Å². The lowest BCUT2D eigenvalue weighted by Gasteiger charge is -2.28. The highest BCUT2D eigenvalue weighted by molar-refractivity contribution is 6.02. The van der Waals surface area contributed by atoms with Crippen LogP contribution in [-0.4, -0.2) is 22.8 Å². The van der Waals surface area contributed by atoms with Crippen LogP contribution >= 0.6 is 0 Å². The van der Waals surface area contributed by atoms with Crippen molar-refractivity contribution in [1.82, 2.24) is 4.90 Å². The second kappa shape index (κ2) is 5.21. The van der Waals surface area contributed by atoms with Gasteiger partial charge in [0.2, 0.25) is 0 Å². The number of carbonyl (C=O) groups excluding carboxylic acids is 1. The fraction of sp³-hybridized carbons (Fsp3) is 0.429. The molecule has 1 aromatic rings. The molecule has 4 heteroatoms. The van der Waals surface area contributed by atoms with Crippen molar-refractivity contribution in [2.24, 2.45) is 16.6 Å². The number of aliphatic imine (C=N–C) groups is 1. The number of urea groups is 1. The predicted octanol–water partition coefficient (Wildman–Crippen LogP) is 2.39. The first-order valence-electron chi connectivity index (χ1n) is 6.32. The van der Waals surface area contributed by atoms with E-state index in [4.69, 9.17) is 5.73 Å². The van der Waals surface area contributed by atoms with Gasteiger partial charge in [0.1, 0.15) is 5.84 Å². The Morgan fingerprint density at radius 1 is 1.39 bits per heavy atom. The van der Waals surface area contributed by atoms with Crippen molar-refractivity contribution in [2.75, 3.05) is 0 Å². The summed E-state index contributed by atoms with van der Waals surface area (Å²) in [6.45, 7) is 4.77. The molecular weight excluding hydrogens is 226 g/mol. The molecule has 2 amide bonds. The number of carbonyl (C=O) groups is 1. The van der Waals surface area contributed by atoms with Gasteiger partial charge < -0.3 is 10.6 Å². The zero-order chi connectivity index (χ0) is 13.1. The average molecular weight is 245 g/mol. The minimum Gasteiger partial charge on any atom is -0.385 e. The summed E-state index contributed by atoms with van der Waals surface area (Å²) in [4.78, 5) is 17.5. The maximum absolute atomic E-state index is 11.9. The smallest absolute Gasteiger partial charge is 0.346 e. The third kappa shape index (κ3) is 2.37. The Bertz CT molecular complexity index is 455. The Balaban J connectivity index is 2.18. The van der Waals surface area contributed by atoms with Crippen molar-refractivity contribution in [3.05, 3.63) is 35.9 Å². The van der Waals surface area contributed by atoms with Crippen molar-refractivity contribution >= 4 is 11.9 Å². The highest BCUT2D eigenvalue weighted by atomic mass is 16.2. The summed E-state index contributed by atoms with van der Waals surface area (Å²) in [5, 5.41) is 0. The number of rotatable bonds is 4. The van der Waals surface area contributed by atoms with Crippen LogP contribution in [0.4, 0.5) is 4.79 Å². The molecule has 2 N–H and O–H groups in total. The highest BCUT2D eigenvalue weighted by Gasteiger charge is 2.36. The van der Waals surface area contributed by atoms with Gasteiger partial charge in [-0.1, -0.05) is 50.6 Å². The van der Waals surface area contributed by atoms with Crippen LogP contribution in [0.2, 0.25) is 0 Å². The van der Waals surface area contributed by atoms with Crippen LogP contribution in [-0.2, 0) is 6.54 Å². The predicted molar refractivity (Wildman–Crippen MR) is 72.2 cm³/mol. The number of nitrogens with two attached hydrogens (primary N) is 1. The van der Waals surface area contributed by atoms with E-state index < -0.39 is 0 Å². The van der Waals surface area contributed by atoms with E-state index in [9.17, 15) is 4.79 Å². The average Bonchev–Trinajstić information content (AvgIpc) is 2.65. The van der Waals surface area contributed by atoms with Crippen LogP contribution in [0.5, 0.6) is 0 Å². The maximum atomic E-state index is 11.9.